The maximum absolute atomic E-state index is 11.8. The van der Waals surface area contributed by atoms with Gasteiger partial charge in [-0.1, -0.05) is 6.42 Å². The Morgan fingerprint density at radius 2 is 1.81 bits per heavy atom. The van der Waals surface area contributed by atoms with Crippen LogP contribution in [0.1, 0.15) is 26.2 Å². The maximum atomic E-state index is 11.8. The SMILES string of the molecule is CNC(C)CNS(=O)(=O)N1CCCCC1.Cl. The van der Waals surface area contributed by atoms with Gasteiger partial charge in [0.1, 0.15) is 0 Å². The summed E-state index contributed by atoms with van der Waals surface area (Å²) in [5.41, 5.74) is 0. The number of likely N-dealkylation sites (N-methyl/N-ethyl adjacent to an activating group) is 1. The van der Waals surface area contributed by atoms with Crippen molar-refractivity contribution in [1.29, 1.82) is 0 Å². The number of nitrogens with zero attached hydrogens (tertiary/aromatic N) is 1. The molecule has 0 aliphatic carbocycles. The van der Waals surface area contributed by atoms with Crippen molar-refractivity contribution >= 4 is 22.6 Å². The second kappa shape index (κ2) is 7.45. The molecule has 0 spiro atoms. The molecule has 16 heavy (non-hydrogen) atoms. The fourth-order valence-corrected chi connectivity index (χ4v) is 2.91. The smallest absolute Gasteiger partial charge is 0.279 e. The zero-order chi connectivity index (χ0) is 11.3. The summed E-state index contributed by atoms with van der Waals surface area (Å²) in [5.74, 6) is 0. The summed E-state index contributed by atoms with van der Waals surface area (Å²) in [4.78, 5) is 0. The number of rotatable bonds is 5. The molecule has 7 heteroatoms. The van der Waals surface area contributed by atoms with Gasteiger partial charge in [-0.25, -0.2) is 4.72 Å². The average molecular weight is 272 g/mol. The van der Waals surface area contributed by atoms with Crippen LogP contribution in [0.3, 0.4) is 0 Å². The maximum Gasteiger partial charge on any atom is 0.279 e. The van der Waals surface area contributed by atoms with E-state index in [9.17, 15) is 8.42 Å². The Hall–Kier alpha value is 0.120. The highest BCUT2D eigenvalue weighted by molar-refractivity contribution is 7.87. The van der Waals surface area contributed by atoms with E-state index in [1.165, 1.54) is 0 Å². The Labute approximate surface area is 105 Å². The Balaban J connectivity index is 0.00000225. The monoisotopic (exact) mass is 271 g/mol. The van der Waals surface area contributed by atoms with E-state index in [2.05, 4.69) is 10.0 Å². The third kappa shape index (κ3) is 4.97. The summed E-state index contributed by atoms with van der Waals surface area (Å²) in [6, 6.07) is 0.157. The van der Waals surface area contributed by atoms with Crippen LogP contribution in [0.25, 0.3) is 0 Å². The third-order valence-corrected chi connectivity index (χ3v) is 4.30. The molecule has 1 fully saturated rings. The molecular formula is C9H22ClN3O2S. The van der Waals surface area contributed by atoms with Crippen molar-refractivity contribution in [2.24, 2.45) is 0 Å². The molecule has 1 rings (SSSR count). The van der Waals surface area contributed by atoms with Gasteiger partial charge in [0.25, 0.3) is 10.2 Å². The van der Waals surface area contributed by atoms with E-state index in [0.29, 0.717) is 19.6 Å². The summed E-state index contributed by atoms with van der Waals surface area (Å²) in [5, 5.41) is 2.99. The van der Waals surface area contributed by atoms with Crippen LogP contribution in [0, 0.1) is 0 Å². The molecule has 1 aliphatic rings. The first-order valence-corrected chi connectivity index (χ1v) is 6.92. The van der Waals surface area contributed by atoms with Crippen molar-refractivity contribution in [3.63, 3.8) is 0 Å². The molecule has 1 aliphatic heterocycles. The number of halogens is 1. The molecule has 0 radical (unpaired) electrons. The van der Waals surface area contributed by atoms with Gasteiger partial charge in [-0.2, -0.15) is 12.7 Å². The van der Waals surface area contributed by atoms with Gasteiger partial charge in [-0.3, -0.25) is 0 Å². The van der Waals surface area contributed by atoms with Crippen LogP contribution in [-0.4, -0.2) is 45.4 Å². The number of hydrogen-bond acceptors (Lipinski definition) is 3. The lowest BCUT2D eigenvalue weighted by Crippen LogP contribution is -2.46. The molecular weight excluding hydrogens is 250 g/mol. The van der Waals surface area contributed by atoms with Crippen LogP contribution in [0.2, 0.25) is 0 Å². The Morgan fingerprint density at radius 3 is 2.31 bits per heavy atom. The first kappa shape index (κ1) is 16.1. The molecule has 5 nitrogen and oxygen atoms in total. The highest BCUT2D eigenvalue weighted by Crippen LogP contribution is 2.11. The van der Waals surface area contributed by atoms with Crippen LogP contribution in [0.15, 0.2) is 0 Å². The predicted octanol–water partition coefficient (Wildman–Crippen LogP) is 0.336. The van der Waals surface area contributed by atoms with E-state index >= 15 is 0 Å². The van der Waals surface area contributed by atoms with Crippen LogP contribution < -0.4 is 10.0 Å². The van der Waals surface area contributed by atoms with Gasteiger partial charge in [0.15, 0.2) is 0 Å². The number of piperidine rings is 1. The molecule has 0 aromatic carbocycles. The molecule has 1 atom stereocenters. The largest absolute Gasteiger partial charge is 0.316 e. The zero-order valence-corrected chi connectivity index (χ0v) is 11.5. The minimum absolute atomic E-state index is 0. The Kier molecular flexibility index (Phi) is 7.50. The fraction of sp³-hybridized carbons (Fsp3) is 1.00. The molecule has 0 saturated carbocycles. The van der Waals surface area contributed by atoms with Crippen LogP contribution in [0.4, 0.5) is 0 Å². The average Bonchev–Trinajstić information content (AvgIpc) is 2.27. The molecule has 0 amide bonds. The summed E-state index contributed by atoms with van der Waals surface area (Å²) in [7, 11) is -1.43. The highest BCUT2D eigenvalue weighted by atomic mass is 35.5. The first-order valence-electron chi connectivity index (χ1n) is 5.48. The Bertz CT molecular complexity index is 278. The second-order valence-electron chi connectivity index (χ2n) is 4.00. The van der Waals surface area contributed by atoms with E-state index in [-0.39, 0.29) is 18.4 Å². The molecule has 98 valence electrons. The van der Waals surface area contributed by atoms with Gasteiger partial charge in [0.05, 0.1) is 0 Å². The van der Waals surface area contributed by atoms with Crippen LogP contribution in [-0.2, 0) is 10.2 Å². The first-order chi connectivity index (χ1) is 7.06. The molecule has 0 aromatic heterocycles. The van der Waals surface area contributed by atoms with E-state index < -0.39 is 10.2 Å². The molecule has 2 N–H and O–H groups in total. The number of hydrogen-bond donors (Lipinski definition) is 2. The molecule has 0 aromatic rings. The van der Waals surface area contributed by atoms with Crippen molar-refractivity contribution in [2.75, 3.05) is 26.7 Å². The summed E-state index contributed by atoms with van der Waals surface area (Å²) in [6.07, 6.45) is 3.09. The van der Waals surface area contributed by atoms with E-state index in [4.69, 9.17) is 0 Å². The lowest BCUT2D eigenvalue weighted by molar-refractivity contribution is 0.340. The van der Waals surface area contributed by atoms with Crippen LogP contribution >= 0.6 is 12.4 Å². The van der Waals surface area contributed by atoms with Gasteiger partial charge in [0.2, 0.25) is 0 Å². The van der Waals surface area contributed by atoms with Crippen molar-refractivity contribution < 1.29 is 8.42 Å². The van der Waals surface area contributed by atoms with Gasteiger partial charge >= 0.3 is 0 Å². The van der Waals surface area contributed by atoms with E-state index in [0.717, 1.165) is 19.3 Å². The van der Waals surface area contributed by atoms with Gasteiger partial charge in [-0.05, 0) is 26.8 Å². The summed E-state index contributed by atoms with van der Waals surface area (Å²) < 4.78 is 27.7. The molecule has 1 unspecified atom stereocenters. The van der Waals surface area contributed by atoms with Crippen molar-refractivity contribution in [3.05, 3.63) is 0 Å². The van der Waals surface area contributed by atoms with Crippen molar-refractivity contribution in [1.82, 2.24) is 14.3 Å². The van der Waals surface area contributed by atoms with E-state index in [1.807, 2.05) is 14.0 Å². The quantitative estimate of drug-likeness (QED) is 0.758. The van der Waals surface area contributed by atoms with Gasteiger partial charge in [0, 0.05) is 25.7 Å². The third-order valence-electron chi connectivity index (χ3n) is 2.72. The van der Waals surface area contributed by atoms with Crippen molar-refractivity contribution in [3.8, 4) is 0 Å². The second-order valence-corrected chi connectivity index (χ2v) is 5.76. The van der Waals surface area contributed by atoms with Crippen molar-refractivity contribution in [2.45, 2.75) is 32.2 Å². The zero-order valence-electron chi connectivity index (χ0n) is 9.90. The molecule has 0 bridgehead atoms. The lowest BCUT2D eigenvalue weighted by Gasteiger charge is -2.26. The Morgan fingerprint density at radius 1 is 1.25 bits per heavy atom. The lowest BCUT2D eigenvalue weighted by atomic mass is 10.2. The summed E-state index contributed by atoms with van der Waals surface area (Å²) >= 11 is 0. The van der Waals surface area contributed by atoms with Crippen LogP contribution in [0.5, 0.6) is 0 Å². The van der Waals surface area contributed by atoms with Gasteiger partial charge in [-0.15, -0.1) is 12.4 Å². The standard InChI is InChI=1S/C9H21N3O2S.ClH/c1-9(10-2)8-11-15(13,14)12-6-4-3-5-7-12;/h9-11H,3-8H2,1-2H3;1H. The normalized spacial score (nSPS) is 20.1. The minimum atomic E-state index is -3.25. The topological polar surface area (TPSA) is 61.4 Å². The van der Waals surface area contributed by atoms with Gasteiger partial charge < -0.3 is 5.32 Å². The number of nitrogens with one attached hydrogen (secondary N) is 2. The molecule has 1 heterocycles. The predicted molar refractivity (Wildman–Crippen MR) is 68.1 cm³/mol. The minimum Gasteiger partial charge on any atom is -0.316 e. The fourth-order valence-electron chi connectivity index (χ4n) is 1.53. The highest BCUT2D eigenvalue weighted by Gasteiger charge is 2.23. The molecule has 1 saturated heterocycles. The summed E-state index contributed by atoms with van der Waals surface area (Å²) in [6.45, 7) is 3.70. The van der Waals surface area contributed by atoms with E-state index in [1.54, 1.807) is 4.31 Å².